The van der Waals surface area contributed by atoms with Crippen LogP contribution >= 0.6 is 15.9 Å². The number of rotatable bonds is 4. The Hall–Kier alpha value is -6.58. The van der Waals surface area contributed by atoms with Gasteiger partial charge < -0.3 is 9.31 Å². The van der Waals surface area contributed by atoms with Gasteiger partial charge in [-0.05, 0) is 124 Å². The molecular weight excluding hydrogens is 791 g/mol. The zero-order valence-corrected chi connectivity index (χ0v) is 34.4. The van der Waals surface area contributed by atoms with Crippen LogP contribution in [0.15, 0.2) is 126 Å². The van der Waals surface area contributed by atoms with Crippen LogP contribution in [0.4, 0.5) is 0 Å². The molecule has 8 aromatic rings. The molecule has 1 saturated heterocycles. The minimum atomic E-state index is -0.386. The fourth-order valence-corrected chi connectivity index (χ4v) is 6.49. The molecule has 12 nitrogen and oxygen atoms in total. The number of fused-ring (bicyclic) bond motifs is 2. The van der Waals surface area contributed by atoms with E-state index in [9.17, 15) is 0 Å². The second kappa shape index (κ2) is 16.5. The van der Waals surface area contributed by atoms with Gasteiger partial charge in [-0.1, -0.05) is 36.4 Å². The third kappa shape index (κ3) is 8.55. The van der Waals surface area contributed by atoms with Crippen molar-refractivity contribution in [3.05, 3.63) is 149 Å². The molecule has 0 N–H and O–H groups in total. The van der Waals surface area contributed by atoms with Crippen molar-refractivity contribution < 1.29 is 9.31 Å². The smallest absolute Gasteiger partial charge is 0.399 e. The lowest BCUT2D eigenvalue weighted by molar-refractivity contribution is 0.00578. The van der Waals surface area contributed by atoms with Gasteiger partial charge >= 0.3 is 7.12 Å². The first-order chi connectivity index (χ1) is 27.8. The highest BCUT2D eigenvalue weighted by atomic mass is 79.9. The molecule has 0 saturated carbocycles. The summed E-state index contributed by atoms with van der Waals surface area (Å²) in [6, 6.07) is 34.9. The number of halogens is 1. The van der Waals surface area contributed by atoms with Crippen molar-refractivity contribution in [2.75, 3.05) is 0 Å². The Morgan fingerprint density at radius 3 is 1.71 bits per heavy atom. The van der Waals surface area contributed by atoms with Gasteiger partial charge in [-0.25, -0.2) is 24.3 Å². The van der Waals surface area contributed by atoms with E-state index in [1.807, 2.05) is 102 Å². The summed E-state index contributed by atoms with van der Waals surface area (Å²) in [6.45, 7) is 12.2. The Balaban J connectivity index is 0.000000146. The maximum Gasteiger partial charge on any atom is 0.494 e. The average molecular weight is 830 g/mol. The molecule has 1 aliphatic rings. The van der Waals surface area contributed by atoms with Crippen molar-refractivity contribution in [3.8, 4) is 35.0 Å². The van der Waals surface area contributed by atoms with E-state index in [0.29, 0.717) is 15.7 Å². The van der Waals surface area contributed by atoms with Gasteiger partial charge in [-0.3, -0.25) is 4.98 Å². The first-order valence-electron chi connectivity index (χ1n) is 18.4. The molecule has 6 aromatic heterocycles. The Bertz CT molecular complexity index is 2840. The number of benzene rings is 2. The second-order valence-corrected chi connectivity index (χ2v) is 15.4. The van der Waals surface area contributed by atoms with Crippen LogP contribution in [0.5, 0.6) is 0 Å². The minimum Gasteiger partial charge on any atom is -0.399 e. The number of aryl methyl sites for hydroxylation is 2. The van der Waals surface area contributed by atoms with Crippen molar-refractivity contribution in [2.45, 2.75) is 52.7 Å². The average Bonchev–Trinajstić information content (AvgIpc) is 3.90. The molecule has 0 unspecified atom stereocenters. The fraction of sp³-hybridized carbons (Fsp3) is 0.182. The molecule has 9 rings (SSSR count). The molecule has 7 heterocycles. The van der Waals surface area contributed by atoms with Gasteiger partial charge in [0.15, 0.2) is 11.6 Å². The Kier molecular flexibility index (Phi) is 11.3. The van der Waals surface area contributed by atoms with Crippen LogP contribution in [0.1, 0.15) is 50.2 Å². The number of aromatic nitrogens is 8. The largest absolute Gasteiger partial charge is 0.494 e. The summed E-state index contributed by atoms with van der Waals surface area (Å²) in [5.74, 6) is 1.59. The third-order valence-electron chi connectivity index (χ3n) is 9.91. The zero-order valence-electron chi connectivity index (χ0n) is 32.8. The Morgan fingerprint density at radius 2 is 1.17 bits per heavy atom. The van der Waals surface area contributed by atoms with Crippen molar-refractivity contribution in [2.24, 2.45) is 0 Å². The molecule has 0 atom stereocenters. The maximum atomic E-state index is 9.07. The molecule has 58 heavy (non-hydrogen) atoms. The second-order valence-electron chi connectivity index (χ2n) is 14.6. The third-order valence-corrected chi connectivity index (χ3v) is 10.3. The predicted molar refractivity (Wildman–Crippen MR) is 228 cm³/mol. The minimum absolute atomic E-state index is 0.356. The molecule has 1 aliphatic heterocycles. The number of pyridine rings is 4. The van der Waals surface area contributed by atoms with Gasteiger partial charge in [-0.2, -0.15) is 20.7 Å². The molecular formula is C44H38BBrN10O2. The van der Waals surface area contributed by atoms with E-state index in [0.717, 1.165) is 61.5 Å². The number of nitriles is 2. The van der Waals surface area contributed by atoms with Crippen molar-refractivity contribution in [3.63, 3.8) is 0 Å². The lowest BCUT2D eigenvalue weighted by Crippen LogP contribution is -2.41. The topological polar surface area (TPSA) is 153 Å². The Morgan fingerprint density at radius 1 is 0.638 bits per heavy atom. The molecule has 286 valence electrons. The van der Waals surface area contributed by atoms with E-state index in [4.69, 9.17) is 19.8 Å². The SMILES string of the molecule is Cc1cccc(-n2ncc3ccc(-c4cc(C#N)ccn4)cc32)n1.Cc1cccc(-n2ncc3ccc(B4OC(C)(C)C(C)(C)O4)cc32)n1.N#Cc1ccnc(Br)c1. The molecule has 0 aliphatic carbocycles. The van der Waals surface area contributed by atoms with Crippen LogP contribution in [-0.4, -0.2) is 57.8 Å². The van der Waals surface area contributed by atoms with Crippen LogP contribution in [0.3, 0.4) is 0 Å². The highest BCUT2D eigenvalue weighted by Crippen LogP contribution is 2.36. The van der Waals surface area contributed by atoms with E-state index in [-0.39, 0.29) is 18.3 Å². The quantitative estimate of drug-likeness (QED) is 0.125. The van der Waals surface area contributed by atoms with Crippen LogP contribution < -0.4 is 5.46 Å². The number of nitrogens with zero attached hydrogens (tertiary/aromatic N) is 10. The summed E-state index contributed by atoms with van der Waals surface area (Å²) >= 11 is 3.14. The van der Waals surface area contributed by atoms with Gasteiger partial charge in [0.1, 0.15) is 4.60 Å². The summed E-state index contributed by atoms with van der Waals surface area (Å²) in [5, 5.41) is 28.5. The lowest BCUT2D eigenvalue weighted by atomic mass is 9.79. The summed E-state index contributed by atoms with van der Waals surface area (Å²) in [5.41, 5.74) is 7.04. The van der Waals surface area contributed by atoms with Crippen LogP contribution in [-0.2, 0) is 9.31 Å². The standard InChI is InChI=1S/C19H22BN3O2.C19H13N5.C6H3BrN2/c1-13-7-6-8-17(22-13)23-16-11-15(10-9-14(16)12-21-23)20-24-18(2,3)19(4,5)25-20;1-13-3-2-4-19(23-13)24-18-10-15(5-6-16(18)12-22-24)17-9-14(11-20)7-8-21-17;7-6-3-5(4-8)1-2-9-6/h6-12H,1-5H3;2-10,12H,1H3;1-3H. The van der Waals surface area contributed by atoms with Crippen molar-refractivity contribution in [1.29, 1.82) is 10.5 Å². The van der Waals surface area contributed by atoms with E-state index < -0.39 is 0 Å². The van der Waals surface area contributed by atoms with Crippen LogP contribution in [0, 0.1) is 36.5 Å². The summed E-state index contributed by atoms with van der Waals surface area (Å²) in [7, 11) is -0.386. The van der Waals surface area contributed by atoms with E-state index >= 15 is 0 Å². The molecule has 0 spiro atoms. The van der Waals surface area contributed by atoms with E-state index in [2.05, 4.69) is 92.0 Å². The first kappa shape index (κ1) is 39.7. The molecule has 2 aromatic carbocycles. The normalized spacial score (nSPS) is 13.8. The highest BCUT2D eigenvalue weighted by molar-refractivity contribution is 9.10. The summed E-state index contributed by atoms with van der Waals surface area (Å²) in [6.07, 6.45) is 6.91. The van der Waals surface area contributed by atoms with Gasteiger partial charge in [0.25, 0.3) is 0 Å². The van der Waals surface area contributed by atoms with Gasteiger partial charge in [0.05, 0.1) is 63.6 Å². The van der Waals surface area contributed by atoms with E-state index in [1.54, 1.807) is 36.7 Å². The van der Waals surface area contributed by atoms with Gasteiger partial charge in [0, 0.05) is 40.1 Å². The molecule has 0 bridgehead atoms. The first-order valence-corrected chi connectivity index (χ1v) is 19.2. The van der Waals surface area contributed by atoms with E-state index in [1.165, 1.54) is 0 Å². The van der Waals surface area contributed by atoms with Crippen LogP contribution in [0.2, 0.25) is 0 Å². The van der Waals surface area contributed by atoms with Gasteiger partial charge in [0.2, 0.25) is 0 Å². The van der Waals surface area contributed by atoms with Crippen molar-refractivity contribution >= 4 is 50.3 Å². The maximum absolute atomic E-state index is 9.07. The molecule has 14 heteroatoms. The predicted octanol–water partition coefficient (Wildman–Crippen LogP) is 8.41. The summed E-state index contributed by atoms with van der Waals surface area (Å²) in [4.78, 5) is 17.3. The Labute approximate surface area is 345 Å². The van der Waals surface area contributed by atoms with Crippen LogP contribution in [0.25, 0.3) is 44.7 Å². The lowest BCUT2D eigenvalue weighted by Gasteiger charge is -2.32. The summed E-state index contributed by atoms with van der Waals surface area (Å²) < 4.78 is 16.7. The number of hydrogen-bond donors (Lipinski definition) is 0. The van der Waals surface area contributed by atoms with Gasteiger partial charge in [-0.15, -0.1) is 0 Å². The monoisotopic (exact) mass is 828 g/mol. The highest BCUT2D eigenvalue weighted by Gasteiger charge is 2.51. The fourth-order valence-electron chi connectivity index (χ4n) is 6.13. The zero-order chi connectivity index (χ0) is 41.0. The molecule has 0 radical (unpaired) electrons. The number of hydrogen-bond acceptors (Lipinski definition) is 10. The molecule has 0 amide bonds. The molecule has 1 fully saturated rings. The van der Waals surface area contributed by atoms with Crippen molar-refractivity contribution in [1.82, 2.24) is 39.5 Å².